The van der Waals surface area contributed by atoms with Gasteiger partial charge in [0.1, 0.15) is 6.61 Å². The zero-order valence-electron chi connectivity index (χ0n) is 8.26. The highest BCUT2D eigenvalue weighted by Crippen LogP contribution is 1.87. The number of amides is 1. The number of nitrogens with one attached hydrogen (secondary N) is 1. The molecule has 1 amide bonds. The molecule has 0 aromatic rings. The topological polar surface area (TPSA) is 55.4 Å². The number of methoxy groups -OCH3 is 1. The van der Waals surface area contributed by atoms with E-state index in [1.165, 1.54) is 7.11 Å². The van der Waals surface area contributed by atoms with Gasteiger partial charge in [-0.25, -0.2) is 0 Å². The number of rotatable bonds is 7. The Labute approximate surface area is 78.6 Å². The van der Waals surface area contributed by atoms with Gasteiger partial charge in [-0.05, 0) is 6.42 Å². The quantitative estimate of drug-likeness (QED) is 0.466. The molecule has 0 heterocycles. The Kier molecular flexibility index (Phi) is 7.20. The molecule has 0 unspecified atom stereocenters. The van der Waals surface area contributed by atoms with Gasteiger partial charge in [0.15, 0.2) is 5.78 Å². The van der Waals surface area contributed by atoms with Crippen molar-refractivity contribution in [3.05, 3.63) is 0 Å². The molecule has 0 spiro atoms. The Bertz CT molecular complexity index is 168. The second kappa shape index (κ2) is 7.73. The Hall–Kier alpha value is -0.900. The van der Waals surface area contributed by atoms with E-state index in [0.29, 0.717) is 6.54 Å². The zero-order chi connectivity index (χ0) is 10.1. The third-order valence-electron chi connectivity index (χ3n) is 1.52. The average molecular weight is 187 g/mol. The molecule has 0 bridgehead atoms. The van der Waals surface area contributed by atoms with E-state index in [4.69, 9.17) is 0 Å². The first-order chi connectivity index (χ1) is 6.20. The summed E-state index contributed by atoms with van der Waals surface area (Å²) in [4.78, 5) is 21.9. The van der Waals surface area contributed by atoms with Crippen molar-refractivity contribution in [1.82, 2.24) is 5.32 Å². The molecule has 0 atom stereocenters. The molecule has 76 valence electrons. The van der Waals surface area contributed by atoms with Crippen molar-refractivity contribution in [3.63, 3.8) is 0 Å². The van der Waals surface area contributed by atoms with Crippen molar-refractivity contribution in [1.29, 1.82) is 0 Å². The van der Waals surface area contributed by atoms with Crippen molar-refractivity contribution in [3.8, 4) is 0 Å². The third kappa shape index (κ3) is 7.46. The summed E-state index contributed by atoms with van der Waals surface area (Å²) >= 11 is 0. The molecule has 0 aromatic heterocycles. The predicted molar refractivity (Wildman–Crippen MR) is 49.4 cm³/mol. The minimum Gasteiger partial charge on any atom is -0.377 e. The molecule has 0 rings (SSSR count). The summed E-state index contributed by atoms with van der Waals surface area (Å²) in [5.74, 6) is -0.396. The molecule has 0 radical (unpaired) electrons. The van der Waals surface area contributed by atoms with Gasteiger partial charge in [0.2, 0.25) is 5.91 Å². The molecule has 0 aliphatic carbocycles. The van der Waals surface area contributed by atoms with Crippen LogP contribution in [0.15, 0.2) is 0 Å². The molecule has 0 fully saturated rings. The monoisotopic (exact) mass is 187 g/mol. The van der Waals surface area contributed by atoms with Crippen molar-refractivity contribution in [2.45, 2.75) is 26.2 Å². The van der Waals surface area contributed by atoms with Crippen LogP contribution in [0.4, 0.5) is 0 Å². The fourth-order valence-electron chi connectivity index (χ4n) is 0.858. The van der Waals surface area contributed by atoms with Gasteiger partial charge in [-0.3, -0.25) is 9.59 Å². The fourth-order valence-corrected chi connectivity index (χ4v) is 0.858. The van der Waals surface area contributed by atoms with Crippen LogP contribution < -0.4 is 5.32 Å². The first-order valence-corrected chi connectivity index (χ1v) is 4.48. The highest BCUT2D eigenvalue weighted by Gasteiger charge is 2.07. The first-order valence-electron chi connectivity index (χ1n) is 4.48. The molecule has 4 nitrogen and oxygen atoms in total. The van der Waals surface area contributed by atoms with Gasteiger partial charge >= 0.3 is 0 Å². The van der Waals surface area contributed by atoms with E-state index in [-0.39, 0.29) is 24.7 Å². The SMILES string of the molecule is CCCCNC(=O)CC(=O)COC. The molecule has 0 saturated heterocycles. The van der Waals surface area contributed by atoms with E-state index in [1.807, 2.05) is 6.92 Å². The summed E-state index contributed by atoms with van der Waals surface area (Å²) < 4.78 is 4.60. The molecular formula is C9H17NO3. The summed E-state index contributed by atoms with van der Waals surface area (Å²) in [6.07, 6.45) is 1.91. The van der Waals surface area contributed by atoms with Crippen LogP contribution in [0.25, 0.3) is 0 Å². The van der Waals surface area contributed by atoms with Crippen molar-refractivity contribution >= 4 is 11.7 Å². The Morgan fingerprint density at radius 1 is 1.38 bits per heavy atom. The van der Waals surface area contributed by atoms with Gasteiger partial charge in [0.05, 0.1) is 6.42 Å². The summed E-state index contributed by atoms with van der Waals surface area (Å²) in [5, 5.41) is 2.66. The average Bonchev–Trinajstić information content (AvgIpc) is 2.05. The van der Waals surface area contributed by atoms with E-state index < -0.39 is 0 Å². The predicted octanol–water partition coefficient (Wildman–Crippen LogP) is 0.508. The second-order valence-corrected chi connectivity index (χ2v) is 2.85. The van der Waals surface area contributed by atoms with Crippen LogP contribution in [-0.2, 0) is 14.3 Å². The lowest BCUT2D eigenvalue weighted by atomic mass is 10.2. The zero-order valence-corrected chi connectivity index (χ0v) is 8.26. The number of carbonyl (C=O) groups is 2. The van der Waals surface area contributed by atoms with Crippen LogP contribution in [0.2, 0.25) is 0 Å². The fraction of sp³-hybridized carbons (Fsp3) is 0.778. The minimum absolute atomic E-state index is 0.0151. The molecule has 1 N–H and O–H groups in total. The highest BCUT2D eigenvalue weighted by atomic mass is 16.5. The summed E-state index contributed by atoms with van der Waals surface area (Å²) in [6, 6.07) is 0. The molecule has 4 heteroatoms. The normalized spacial score (nSPS) is 9.69. The van der Waals surface area contributed by atoms with Crippen molar-refractivity contribution in [2.75, 3.05) is 20.3 Å². The molecule has 13 heavy (non-hydrogen) atoms. The number of hydrogen-bond donors (Lipinski definition) is 1. The first kappa shape index (κ1) is 12.1. The largest absolute Gasteiger partial charge is 0.377 e. The van der Waals surface area contributed by atoms with Crippen LogP contribution in [-0.4, -0.2) is 32.0 Å². The Balaban J connectivity index is 3.44. The van der Waals surface area contributed by atoms with Crippen LogP contribution in [0.5, 0.6) is 0 Å². The lowest BCUT2D eigenvalue weighted by molar-refractivity contribution is -0.130. The van der Waals surface area contributed by atoms with Gasteiger partial charge in [-0.1, -0.05) is 13.3 Å². The number of ketones is 1. The summed E-state index contributed by atoms with van der Waals surface area (Å²) in [6.45, 7) is 2.71. The molecule has 0 aliphatic rings. The number of hydrogen-bond acceptors (Lipinski definition) is 3. The standard InChI is InChI=1S/C9H17NO3/c1-3-4-5-10-9(12)6-8(11)7-13-2/h3-7H2,1-2H3,(H,10,12). The number of Topliss-reactive ketones (excluding diaryl/α,β-unsaturated/α-hetero) is 1. The Morgan fingerprint density at radius 2 is 2.08 bits per heavy atom. The third-order valence-corrected chi connectivity index (χ3v) is 1.52. The van der Waals surface area contributed by atoms with E-state index >= 15 is 0 Å². The van der Waals surface area contributed by atoms with E-state index in [9.17, 15) is 9.59 Å². The molecule has 0 saturated carbocycles. The lowest BCUT2D eigenvalue weighted by Gasteiger charge is -2.02. The van der Waals surface area contributed by atoms with E-state index in [2.05, 4.69) is 10.1 Å². The van der Waals surface area contributed by atoms with Crippen LogP contribution in [0, 0.1) is 0 Å². The molecular weight excluding hydrogens is 170 g/mol. The van der Waals surface area contributed by atoms with Gasteiger partial charge < -0.3 is 10.1 Å². The maximum absolute atomic E-state index is 11.0. The number of carbonyl (C=O) groups excluding carboxylic acids is 2. The summed E-state index contributed by atoms with van der Waals surface area (Å²) in [5.41, 5.74) is 0. The van der Waals surface area contributed by atoms with E-state index in [0.717, 1.165) is 12.8 Å². The van der Waals surface area contributed by atoms with Gasteiger partial charge in [0, 0.05) is 13.7 Å². The van der Waals surface area contributed by atoms with Crippen LogP contribution in [0.3, 0.4) is 0 Å². The van der Waals surface area contributed by atoms with Gasteiger partial charge in [-0.15, -0.1) is 0 Å². The molecule has 0 aromatic carbocycles. The number of unbranched alkanes of at least 4 members (excludes halogenated alkanes) is 1. The Morgan fingerprint density at radius 3 is 2.62 bits per heavy atom. The maximum Gasteiger partial charge on any atom is 0.227 e. The van der Waals surface area contributed by atoms with Crippen molar-refractivity contribution < 1.29 is 14.3 Å². The van der Waals surface area contributed by atoms with E-state index in [1.54, 1.807) is 0 Å². The maximum atomic E-state index is 11.0. The van der Waals surface area contributed by atoms with Gasteiger partial charge in [0.25, 0.3) is 0 Å². The van der Waals surface area contributed by atoms with Crippen molar-refractivity contribution in [2.24, 2.45) is 0 Å². The summed E-state index contributed by atoms with van der Waals surface area (Å²) in [7, 11) is 1.44. The minimum atomic E-state index is -0.212. The number of ether oxygens (including phenoxy) is 1. The van der Waals surface area contributed by atoms with Crippen LogP contribution >= 0.6 is 0 Å². The van der Waals surface area contributed by atoms with Crippen LogP contribution in [0.1, 0.15) is 26.2 Å². The smallest absolute Gasteiger partial charge is 0.227 e. The second-order valence-electron chi connectivity index (χ2n) is 2.85. The van der Waals surface area contributed by atoms with Gasteiger partial charge in [-0.2, -0.15) is 0 Å². The highest BCUT2D eigenvalue weighted by molar-refractivity contribution is 5.98. The lowest BCUT2D eigenvalue weighted by Crippen LogP contribution is -2.27. The molecule has 0 aliphatic heterocycles.